The highest BCUT2D eigenvalue weighted by atomic mass is 35.5. The van der Waals surface area contributed by atoms with E-state index >= 15 is 0 Å². The smallest absolute Gasteiger partial charge is 0.138 e. The molecule has 0 saturated carbocycles. The van der Waals surface area contributed by atoms with Crippen LogP contribution in [0.3, 0.4) is 0 Å². The zero-order chi connectivity index (χ0) is 15.4. The van der Waals surface area contributed by atoms with Crippen LogP contribution in [-0.4, -0.2) is 5.16 Å². The van der Waals surface area contributed by atoms with Gasteiger partial charge in [-0.25, -0.2) is 0 Å². The molecule has 0 spiro atoms. The Labute approximate surface area is 131 Å². The predicted molar refractivity (Wildman–Crippen MR) is 86.6 cm³/mol. The maximum Gasteiger partial charge on any atom is 0.138 e. The molecule has 1 heterocycles. The Hall–Kier alpha value is -1.32. The predicted octanol–water partition coefficient (Wildman–Crippen LogP) is 5.14. The van der Waals surface area contributed by atoms with Gasteiger partial charge in [0.1, 0.15) is 5.76 Å². The van der Waals surface area contributed by atoms with Crippen LogP contribution in [0.15, 0.2) is 28.8 Å². The SMILES string of the molecule is CCCC(NC(C)c1c(C)noc1C)c1ccc(Cl)cc1. The number of hydrogen-bond donors (Lipinski definition) is 1. The largest absolute Gasteiger partial charge is 0.361 e. The van der Waals surface area contributed by atoms with Gasteiger partial charge in [-0.15, -0.1) is 0 Å². The van der Waals surface area contributed by atoms with Crippen LogP contribution < -0.4 is 5.32 Å². The first kappa shape index (κ1) is 16.1. The highest BCUT2D eigenvalue weighted by Crippen LogP contribution is 2.27. The van der Waals surface area contributed by atoms with E-state index in [-0.39, 0.29) is 6.04 Å². The highest BCUT2D eigenvalue weighted by molar-refractivity contribution is 6.30. The van der Waals surface area contributed by atoms with Crippen molar-refractivity contribution in [2.45, 2.75) is 52.6 Å². The number of nitrogens with one attached hydrogen (secondary N) is 1. The monoisotopic (exact) mass is 306 g/mol. The molecule has 0 fully saturated rings. The van der Waals surface area contributed by atoms with Crippen molar-refractivity contribution >= 4 is 11.6 Å². The van der Waals surface area contributed by atoms with E-state index < -0.39 is 0 Å². The summed E-state index contributed by atoms with van der Waals surface area (Å²) in [7, 11) is 0. The van der Waals surface area contributed by atoms with Crippen molar-refractivity contribution in [3.8, 4) is 0 Å². The van der Waals surface area contributed by atoms with Crippen molar-refractivity contribution < 1.29 is 4.52 Å². The zero-order valence-corrected chi connectivity index (χ0v) is 13.9. The summed E-state index contributed by atoms with van der Waals surface area (Å²) in [5.74, 6) is 0.888. The van der Waals surface area contributed by atoms with Gasteiger partial charge in [0.15, 0.2) is 0 Å². The number of rotatable bonds is 6. The Balaban J connectivity index is 2.18. The maximum absolute atomic E-state index is 5.98. The molecule has 21 heavy (non-hydrogen) atoms. The highest BCUT2D eigenvalue weighted by Gasteiger charge is 2.20. The fourth-order valence-corrected chi connectivity index (χ4v) is 2.95. The van der Waals surface area contributed by atoms with Gasteiger partial charge in [0.2, 0.25) is 0 Å². The third kappa shape index (κ3) is 3.86. The molecule has 2 rings (SSSR count). The van der Waals surface area contributed by atoms with Gasteiger partial charge >= 0.3 is 0 Å². The van der Waals surface area contributed by atoms with Gasteiger partial charge in [0, 0.05) is 22.7 Å². The first-order chi connectivity index (χ1) is 10.0. The van der Waals surface area contributed by atoms with Crippen molar-refractivity contribution in [3.05, 3.63) is 51.9 Å². The molecule has 0 saturated heterocycles. The molecule has 1 N–H and O–H groups in total. The average molecular weight is 307 g/mol. The topological polar surface area (TPSA) is 38.1 Å². The van der Waals surface area contributed by atoms with Crippen LogP contribution in [0.2, 0.25) is 5.02 Å². The van der Waals surface area contributed by atoms with Gasteiger partial charge in [0.25, 0.3) is 0 Å². The summed E-state index contributed by atoms with van der Waals surface area (Å²) in [4.78, 5) is 0. The number of aromatic nitrogens is 1. The molecular formula is C17H23ClN2O. The third-order valence-corrected chi connectivity index (χ3v) is 4.07. The van der Waals surface area contributed by atoms with E-state index in [0.717, 1.165) is 34.9 Å². The van der Waals surface area contributed by atoms with E-state index in [0.29, 0.717) is 6.04 Å². The molecule has 0 radical (unpaired) electrons. The van der Waals surface area contributed by atoms with Gasteiger partial charge < -0.3 is 9.84 Å². The molecule has 114 valence electrons. The number of hydrogen-bond acceptors (Lipinski definition) is 3. The summed E-state index contributed by atoms with van der Waals surface area (Å²) < 4.78 is 5.27. The quantitative estimate of drug-likeness (QED) is 0.803. The van der Waals surface area contributed by atoms with Crippen LogP contribution >= 0.6 is 11.6 Å². The van der Waals surface area contributed by atoms with Crippen molar-refractivity contribution in [1.82, 2.24) is 10.5 Å². The molecule has 0 aliphatic rings. The molecule has 2 unspecified atom stereocenters. The fraction of sp³-hybridized carbons (Fsp3) is 0.471. The average Bonchev–Trinajstić information content (AvgIpc) is 2.78. The van der Waals surface area contributed by atoms with Crippen molar-refractivity contribution in [2.75, 3.05) is 0 Å². The van der Waals surface area contributed by atoms with E-state index in [1.165, 1.54) is 5.56 Å². The number of nitrogens with zero attached hydrogens (tertiary/aromatic N) is 1. The lowest BCUT2D eigenvalue weighted by molar-refractivity contribution is 0.387. The molecule has 0 aliphatic heterocycles. The number of halogens is 1. The summed E-state index contributed by atoms with van der Waals surface area (Å²) >= 11 is 5.98. The van der Waals surface area contributed by atoms with Crippen LogP contribution in [0.4, 0.5) is 0 Å². The minimum absolute atomic E-state index is 0.198. The summed E-state index contributed by atoms with van der Waals surface area (Å²) in [6, 6.07) is 8.58. The first-order valence-corrected chi connectivity index (χ1v) is 7.85. The number of aryl methyl sites for hydroxylation is 2. The van der Waals surface area contributed by atoms with Crippen LogP contribution in [0.25, 0.3) is 0 Å². The lowest BCUT2D eigenvalue weighted by Gasteiger charge is -2.23. The van der Waals surface area contributed by atoms with Gasteiger partial charge in [-0.2, -0.15) is 0 Å². The van der Waals surface area contributed by atoms with E-state index in [1.807, 2.05) is 26.0 Å². The lowest BCUT2D eigenvalue weighted by atomic mass is 9.99. The Morgan fingerprint density at radius 1 is 1.24 bits per heavy atom. The zero-order valence-electron chi connectivity index (χ0n) is 13.1. The van der Waals surface area contributed by atoms with E-state index in [4.69, 9.17) is 16.1 Å². The van der Waals surface area contributed by atoms with Crippen molar-refractivity contribution in [2.24, 2.45) is 0 Å². The Morgan fingerprint density at radius 2 is 1.90 bits per heavy atom. The van der Waals surface area contributed by atoms with E-state index in [9.17, 15) is 0 Å². The Morgan fingerprint density at radius 3 is 2.43 bits per heavy atom. The first-order valence-electron chi connectivity index (χ1n) is 7.47. The molecule has 1 aromatic carbocycles. The van der Waals surface area contributed by atoms with Crippen LogP contribution in [0.5, 0.6) is 0 Å². The Kier molecular flexibility index (Phi) is 5.43. The van der Waals surface area contributed by atoms with Gasteiger partial charge in [0.05, 0.1) is 5.69 Å². The lowest BCUT2D eigenvalue weighted by Crippen LogP contribution is -2.25. The standard InChI is InChI=1S/C17H23ClN2O/c1-5-6-16(14-7-9-15(18)10-8-14)19-11(2)17-12(3)20-21-13(17)4/h7-11,16,19H,5-6H2,1-4H3. The molecule has 4 heteroatoms. The van der Waals surface area contributed by atoms with Crippen LogP contribution in [0.1, 0.15) is 61.4 Å². The molecule has 0 amide bonds. The minimum Gasteiger partial charge on any atom is -0.361 e. The van der Waals surface area contributed by atoms with Gasteiger partial charge in [-0.05, 0) is 44.9 Å². The summed E-state index contributed by atoms with van der Waals surface area (Å²) in [6.45, 7) is 8.31. The molecule has 1 aromatic heterocycles. The summed E-state index contributed by atoms with van der Waals surface area (Å²) in [5, 5.41) is 8.51. The second kappa shape index (κ2) is 7.10. The van der Waals surface area contributed by atoms with Gasteiger partial charge in [-0.1, -0.05) is 42.2 Å². The van der Waals surface area contributed by atoms with Gasteiger partial charge in [-0.3, -0.25) is 0 Å². The van der Waals surface area contributed by atoms with Crippen LogP contribution in [0, 0.1) is 13.8 Å². The summed E-state index contributed by atoms with van der Waals surface area (Å²) in [6.07, 6.45) is 2.20. The molecule has 0 bridgehead atoms. The maximum atomic E-state index is 5.98. The third-order valence-electron chi connectivity index (χ3n) is 3.82. The molecule has 2 atom stereocenters. The summed E-state index contributed by atoms with van der Waals surface area (Å²) in [5.41, 5.74) is 3.38. The van der Waals surface area contributed by atoms with E-state index in [1.54, 1.807) is 0 Å². The minimum atomic E-state index is 0.198. The van der Waals surface area contributed by atoms with Crippen LogP contribution in [-0.2, 0) is 0 Å². The molecule has 2 aromatic rings. The molecule has 3 nitrogen and oxygen atoms in total. The van der Waals surface area contributed by atoms with E-state index in [2.05, 4.69) is 36.5 Å². The molecular weight excluding hydrogens is 284 g/mol. The fourth-order valence-electron chi connectivity index (χ4n) is 2.82. The number of benzene rings is 1. The van der Waals surface area contributed by atoms with Crippen molar-refractivity contribution in [1.29, 1.82) is 0 Å². The normalized spacial score (nSPS) is 14.1. The second-order valence-electron chi connectivity index (χ2n) is 5.52. The molecule has 0 aliphatic carbocycles. The second-order valence-corrected chi connectivity index (χ2v) is 5.96. The Bertz CT molecular complexity index is 557. The van der Waals surface area contributed by atoms with Crippen molar-refractivity contribution in [3.63, 3.8) is 0 Å².